The fourth-order valence-electron chi connectivity index (χ4n) is 4.21. The van der Waals surface area contributed by atoms with E-state index < -0.39 is 6.23 Å². The Kier molecular flexibility index (Phi) is 6.42. The molecule has 2 aliphatic rings. The zero-order valence-electron chi connectivity index (χ0n) is 18.1. The van der Waals surface area contributed by atoms with E-state index in [0.717, 1.165) is 41.0 Å². The minimum atomic E-state index is -0.421. The van der Waals surface area contributed by atoms with Gasteiger partial charge in [0, 0.05) is 27.6 Å². The van der Waals surface area contributed by atoms with Crippen LogP contribution < -0.4 is 9.47 Å². The minimum absolute atomic E-state index is 0.0406. The second kappa shape index (κ2) is 9.46. The zero-order valence-corrected chi connectivity index (χ0v) is 20.4. The summed E-state index contributed by atoms with van der Waals surface area (Å²) < 4.78 is 12.2. The van der Waals surface area contributed by atoms with Gasteiger partial charge in [0.1, 0.15) is 11.5 Å². The number of fused-ring (bicyclic) bond motifs is 3. The van der Waals surface area contributed by atoms with E-state index in [2.05, 4.69) is 6.92 Å². The molecule has 0 radical (unpaired) electrons. The minimum Gasteiger partial charge on any atom is -0.494 e. The topological polar surface area (TPSA) is 34.1 Å². The van der Waals surface area contributed by atoms with Gasteiger partial charge in [-0.3, -0.25) is 0 Å². The van der Waals surface area contributed by atoms with Crippen molar-refractivity contribution >= 4 is 40.5 Å². The molecule has 2 aliphatic heterocycles. The Balaban J connectivity index is 1.51. The van der Waals surface area contributed by atoms with Crippen molar-refractivity contribution in [2.45, 2.75) is 38.5 Å². The standard InChI is InChI=1S/C26H23Cl3N2O2/c1-2-3-12-32-20-10-6-17(7-11-20)26-31-24(21-13-19(28)14-22(29)25(21)33-26)15-23(30-31)16-4-8-18(27)9-5-16/h4-11,13-14,24,26H,2-3,12,15H2,1H3/t24-,26-/m0/s1. The van der Waals surface area contributed by atoms with Crippen molar-refractivity contribution in [2.24, 2.45) is 5.10 Å². The molecule has 3 aromatic carbocycles. The molecule has 170 valence electrons. The van der Waals surface area contributed by atoms with Gasteiger partial charge in [-0.25, -0.2) is 5.01 Å². The highest BCUT2D eigenvalue weighted by atomic mass is 35.5. The van der Waals surface area contributed by atoms with E-state index in [1.807, 2.05) is 59.6 Å². The Hall–Kier alpha value is -2.40. The van der Waals surface area contributed by atoms with E-state index in [-0.39, 0.29) is 6.04 Å². The van der Waals surface area contributed by atoms with Gasteiger partial charge in [-0.05, 0) is 60.5 Å². The average Bonchev–Trinajstić information content (AvgIpc) is 3.26. The second-order valence-electron chi connectivity index (χ2n) is 8.20. The third-order valence-corrected chi connectivity index (χ3v) is 6.67. The van der Waals surface area contributed by atoms with Crippen molar-refractivity contribution in [1.29, 1.82) is 0 Å². The summed E-state index contributed by atoms with van der Waals surface area (Å²) in [5.74, 6) is 1.50. The second-order valence-corrected chi connectivity index (χ2v) is 9.48. The van der Waals surface area contributed by atoms with Crippen LogP contribution in [0.2, 0.25) is 15.1 Å². The van der Waals surface area contributed by atoms with Crippen LogP contribution in [0.25, 0.3) is 0 Å². The van der Waals surface area contributed by atoms with E-state index >= 15 is 0 Å². The maximum atomic E-state index is 6.56. The molecule has 0 amide bonds. The summed E-state index contributed by atoms with van der Waals surface area (Å²) in [7, 11) is 0. The average molecular weight is 502 g/mol. The molecule has 0 saturated carbocycles. The number of rotatable bonds is 6. The molecule has 0 spiro atoms. The van der Waals surface area contributed by atoms with Crippen LogP contribution in [0.15, 0.2) is 65.8 Å². The van der Waals surface area contributed by atoms with Gasteiger partial charge in [0.05, 0.1) is 23.4 Å². The third-order valence-electron chi connectivity index (χ3n) is 5.92. The molecule has 0 N–H and O–H groups in total. The number of ether oxygens (including phenoxy) is 2. The lowest BCUT2D eigenvalue weighted by Gasteiger charge is -2.38. The van der Waals surface area contributed by atoms with E-state index in [1.54, 1.807) is 6.07 Å². The summed E-state index contributed by atoms with van der Waals surface area (Å²) in [6.07, 6.45) is 2.42. The molecule has 0 aromatic heterocycles. The van der Waals surface area contributed by atoms with Crippen LogP contribution in [0.4, 0.5) is 0 Å². The number of hydrogen-bond acceptors (Lipinski definition) is 4. The molecular formula is C26H23Cl3N2O2. The summed E-state index contributed by atoms with van der Waals surface area (Å²) in [4.78, 5) is 0. The molecular weight excluding hydrogens is 479 g/mol. The van der Waals surface area contributed by atoms with Gasteiger partial charge in [0.15, 0.2) is 0 Å². The highest BCUT2D eigenvalue weighted by Gasteiger charge is 2.42. The highest BCUT2D eigenvalue weighted by Crippen LogP contribution is 2.50. The van der Waals surface area contributed by atoms with E-state index in [9.17, 15) is 0 Å². The van der Waals surface area contributed by atoms with Gasteiger partial charge >= 0.3 is 0 Å². The van der Waals surface area contributed by atoms with Crippen molar-refractivity contribution in [3.05, 3.63) is 92.4 Å². The fourth-order valence-corrected chi connectivity index (χ4v) is 4.89. The molecule has 0 aliphatic carbocycles. The van der Waals surface area contributed by atoms with Gasteiger partial charge in [-0.15, -0.1) is 0 Å². The van der Waals surface area contributed by atoms with Gasteiger partial charge in [-0.1, -0.05) is 60.3 Å². The van der Waals surface area contributed by atoms with E-state index in [1.165, 1.54) is 0 Å². The quantitative estimate of drug-likeness (QED) is 0.320. The molecule has 2 heterocycles. The maximum absolute atomic E-state index is 6.56. The van der Waals surface area contributed by atoms with Crippen LogP contribution in [-0.2, 0) is 0 Å². The number of hydrogen-bond donors (Lipinski definition) is 0. The Morgan fingerprint density at radius 1 is 1.00 bits per heavy atom. The maximum Gasteiger partial charge on any atom is 0.213 e. The van der Waals surface area contributed by atoms with Crippen LogP contribution in [0.5, 0.6) is 11.5 Å². The Morgan fingerprint density at radius 2 is 1.76 bits per heavy atom. The first-order chi connectivity index (χ1) is 16.0. The molecule has 33 heavy (non-hydrogen) atoms. The molecule has 0 unspecified atom stereocenters. The summed E-state index contributed by atoms with van der Waals surface area (Å²) in [5, 5.41) is 8.75. The summed E-state index contributed by atoms with van der Waals surface area (Å²) in [6.45, 7) is 2.86. The smallest absolute Gasteiger partial charge is 0.213 e. The summed E-state index contributed by atoms with van der Waals surface area (Å²) >= 11 is 19.0. The molecule has 4 nitrogen and oxygen atoms in total. The Labute approximate surface area is 208 Å². The van der Waals surface area contributed by atoms with Crippen molar-refractivity contribution < 1.29 is 9.47 Å². The Morgan fingerprint density at radius 3 is 2.48 bits per heavy atom. The number of benzene rings is 3. The SMILES string of the molecule is CCCCOc1ccc([C@@H]2Oc3c(Cl)cc(Cl)cc3[C@@H]3CC(c4ccc(Cl)cc4)=NN32)cc1. The monoisotopic (exact) mass is 500 g/mol. The van der Waals surface area contributed by atoms with Gasteiger partial charge in [0.25, 0.3) is 0 Å². The van der Waals surface area contributed by atoms with Crippen LogP contribution in [-0.4, -0.2) is 17.3 Å². The van der Waals surface area contributed by atoms with Gasteiger partial charge < -0.3 is 9.47 Å². The normalized spacial score (nSPS) is 18.9. The first-order valence-electron chi connectivity index (χ1n) is 11.0. The number of unbranched alkanes of at least 4 members (excludes halogenated alkanes) is 1. The van der Waals surface area contributed by atoms with Crippen LogP contribution >= 0.6 is 34.8 Å². The lowest BCUT2D eigenvalue weighted by Crippen LogP contribution is -2.33. The van der Waals surface area contributed by atoms with E-state index in [0.29, 0.717) is 33.8 Å². The molecule has 0 fully saturated rings. The van der Waals surface area contributed by atoms with Crippen LogP contribution in [0.1, 0.15) is 55.1 Å². The number of halogens is 3. The van der Waals surface area contributed by atoms with Crippen molar-refractivity contribution in [3.8, 4) is 11.5 Å². The lowest BCUT2D eigenvalue weighted by molar-refractivity contribution is -0.0189. The predicted molar refractivity (Wildman–Crippen MR) is 134 cm³/mol. The predicted octanol–water partition coefficient (Wildman–Crippen LogP) is 8.07. The fraction of sp³-hybridized carbons (Fsp3) is 0.269. The van der Waals surface area contributed by atoms with Crippen molar-refractivity contribution in [3.63, 3.8) is 0 Å². The summed E-state index contributed by atoms with van der Waals surface area (Å²) in [6, 6.07) is 19.3. The zero-order chi connectivity index (χ0) is 22.9. The largest absolute Gasteiger partial charge is 0.494 e. The molecule has 7 heteroatoms. The molecule has 3 aromatic rings. The molecule has 5 rings (SSSR count). The first-order valence-corrected chi connectivity index (χ1v) is 12.2. The molecule has 0 bridgehead atoms. The van der Waals surface area contributed by atoms with Gasteiger partial charge in [-0.2, -0.15) is 5.10 Å². The number of nitrogens with zero attached hydrogens (tertiary/aromatic N) is 2. The molecule has 2 atom stereocenters. The van der Waals surface area contributed by atoms with Crippen LogP contribution in [0.3, 0.4) is 0 Å². The highest BCUT2D eigenvalue weighted by molar-refractivity contribution is 6.35. The summed E-state index contributed by atoms with van der Waals surface area (Å²) in [5.41, 5.74) is 3.91. The third kappa shape index (κ3) is 4.52. The first kappa shape index (κ1) is 22.4. The lowest BCUT2D eigenvalue weighted by atomic mass is 9.96. The Bertz CT molecular complexity index is 1180. The van der Waals surface area contributed by atoms with Crippen molar-refractivity contribution in [1.82, 2.24) is 5.01 Å². The van der Waals surface area contributed by atoms with Crippen LogP contribution in [0, 0.1) is 0 Å². The number of hydrazone groups is 1. The van der Waals surface area contributed by atoms with Crippen molar-refractivity contribution in [2.75, 3.05) is 6.61 Å². The van der Waals surface area contributed by atoms with Gasteiger partial charge in [0.2, 0.25) is 6.23 Å². The molecule has 0 saturated heterocycles. The van der Waals surface area contributed by atoms with E-state index in [4.69, 9.17) is 49.4 Å².